The lowest BCUT2D eigenvalue weighted by atomic mass is 10.1. The van der Waals surface area contributed by atoms with E-state index in [-0.39, 0.29) is 29.4 Å². The molecule has 142 valence electrons. The molecule has 0 aromatic heterocycles. The minimum absolute atomic E-state index is 0.111. The normalized spacial score (nSPS) is 23.4. The van der Waals surface area contributed by atoms with Crippen molar-refractivity contribution in [2.45, 2.75) is 31.7 Å². The van der Waals surface area contributed by atoms with Crippen molar-refractivity contribution in [3.05, 3.63) is 65.0 Å². The summed E-state index contributed by atoms with van der Waals surface area (Å²) in [6, 6.07) is 12.3. The fraction of sp³-hybridized carbons (Fsp3) is 0.350. The highest BCUT2D eigenvalue weighted by Crippen LogP contribution is 2.37. The van der Waals surface area contributed by atoms with E-state index in [1.54, 1.807) is 23.9 Å². The number of halogens is 1. The second-order valence-corrected chi connectivity index (χ2v) is 10.3. The summed E-state index contributed by atoms with van der Waals surface area (Å²) in [4.78, 5) is 6.86. The van der Waals surface area contributed by atoms with Crippen LogP contribution >= 0.6 is 11.8 Å². The van der Waals surface area contributed by atoms with Crippen LogP contribution in [0, 0.1) is 19.7 Å². The standard InChI is InChI=1S/C20H21FN2O2S2/c1-13-3-4-14(2)18(9-13)23-19-12-27(24,25)11-17(19)22-20(23)26-10-15-5-7-16(21)8-6-15/h3-9,17,19H,10-12H2,1-2H3/t17-,19+/m0/s1. The van der Waals surface area contributed by atoms with E-state index in [1.165, 1.54) is 12.1 Å². The number of sulfone groups is 1. The molecule has 0 radical (unpaired) electrons. The van der Waals surface area contributed by atoms with Crippen LogP contribution in [-0.4, -0.2) is 37.2 Å². The average Bonchev–Trinajstić information content (AvgIpc) is 3.08. The fourth-order valence-electron chi connectivity index (χ4n) is 3.62. The Balaban J connectivity index is 1.65. The van der Waals surface area contributed by atoms with Crippen molar-refractivity contribution < 1.29 is 12.8 Å². The lowest BCUT2D eigenvalue weighted by Crippen LogP contribution is -2.39. The lowest BCUT2D eigenvalue weighted by Gasteiger charge is -2.28. The van der Waals surface area contributed by atoms with Gasteiger partial charge >= 0.3 is 0 Å². The third-order valence-electron chi connectivity index (χ3n) is 5.01. The van der Waals surface area contributed by atoms with E-state index < -0.39 is 9.84 Å². The smallest absolute Gasteiger partial charge is 0.164 e. The van der Waals surface area contributed by atoms with Crippen LogP contribution in [0.1, 0.15) is 16.7 Å². The van der Waals surface area contributed by atoms with E-state index >= 15 is 0 Å². The van der Waals surface area contributed by atoms with E-state index in [0.717, 1.165) is 27.5 Å². The number of thioether (sulfide) groups is 1. The molecule has 0 unspecified atom stereocenters. The van der Waals surface area contributed by atoms with Gasteiger partial charge in [0.1, 0.15) is 5.82 Å². The van der Waals surface area contributed by atoms with Crippen LogP contribution < -0.4 is 4.90 Å². The molecule has 2 atom stereocenters. The monoisotopic (exact) mass is 404 g/mol. The number of rotatable bonds is 3. The maximum atomic E-state index is 13.1. The summed E-state index contributed by atoms with van der Waals surface area (Å²) < 4.78 is 37.4. The van der Waals surface area contributed by atoms with Gasteiger partial charge in [0.05, 0.1) is 23.6 Å². The predicted octanol–water partition coefficient (Wildman–Crippen LogP) is 3.72. The van der Waals surface area contributed by atoms with Gasteiger partial charge in [0, 0.05) is 11.4 Å². The van der Waals surface area contributed by atoms with Gasteiger partial charge < -0.3 is 4.90 Å². The molecule has 2 aromatic carbocycles. The van der Waals surface area contributed by atoms with Crippen LogP contribution in [0.3, 0.4) is 0 Å². The first-order valence-corrected chi connectivity index (χ1v) is 11.6. The number of hydrogen-bond donors (Lipinski definition) is 0. The maximum absolute atomic E-state index is 13.1. The zero-order chi connectivity index (χ0) is 19.2. The average molecular weight is 405 g/mol. The maximum Gasteiger partial charge on any atom is 0.164 e. The summed E-state index contributed by atoms with van der Waals surface area (Å²) in [6.45, 7) is 4.07. The largest absolute Gasteiger partial charge is 0.315 e. The van der Waals surface area contributed by atoms with Crippen molar-refractivity contribution in [3.63, 3.8) is 0 Å². The van der Waals surface area contributed by atoms with Gasteiger partial charge in [-0.2, -0.15) is 0 Å². The first-order valence-electron chi connectivity index (χ1n) is 8.84. The molecule has 2 heterocycles. The van der Waals surface area contributed by atoms with Gasteiger partial charge in [-0.25, -0.2) is 12.8 Å². The van der Waals surface area contributed by atoms with Crippen molar-refractivity contribution in [1.29, 1.82) is 0 Å². The van der Waals surface area contributed by atoms with Crippen LogP contribution in [0.4, 0.5) is 10.1 Å². The number of hydrogen-bond acceptors (Lipinski definition) is 5. The second-order valence-electron chi connectivity index (χ2n) is 7.20. The van der Waals surface area contributed by atoms with Crippen molar-refractivity contribution >= 4 is 32.5 Å². The van der Waals surface area contributed by atoms with Crippen molar-refractivity contribution in [1.82, 2.24) is 0 Å². The molecular formula is C20H21FN2O2S2. The molecule has 0 spiro atoms. The number of amidine groups is 1. The molecule has 2 aliphatic rings. The Labute approximate surface area is 163 Å². The summed E-state index contributed by atoms with van der Waals surface area (Å²) in [5.74, 6) is 0.653. The number of nitrogens with zero attached hydrogens (tertiary/aromatic N) is 2. The molecular weight excluding hydrogens is 383 g/mol. The van der Waals surface area contributed by atoms with Crippen LogP contribution in [0.5, 0.6) is 0 Å². The summed E-state index contributed by atoms with van der Waals surface area (Å²) in [5.41, 5.74) is 4.25. The highest BCUT2D eigenvalue weighted by atomic mass is 32.2. The quantitative estimate of drug-likeness (QED) is 0.782. The van der Waals surface area contributed by atoms with Gasteiger partial charge in [-0.1, -0.05) is 36.0 Å². The molecule has 2 aliphatic heterocycles. The van der Waals surface area contributed by atoms with E-state index in [0.29, 0.717) is 5.75 Å². The summed E-state index contributed by atoms with van der Waals surface area (Å²) in [5, 5.41) is 0.845. The molecule has 1 fully saturated rings. The van der Waals surface area contributed by atoms with Crippen LogP contribution in [-0.2, 0) is 15.6 Å². The minimum atomic E-state index is -3.06. The lowest BCUT2D eigenvalue weighted by molar-refractivity contribution is 0.601. The first-order chi connectivity index (χ1) is 12.8. The Bertz CT molecular complexity index is 1000. The van der Waals surface area contributed by atoms with Gasteiger partial charge in [0.25, 0.3) is 0 Å². The fourth-order valence-corrected chi connectivity index (χ4v) is 6.54. The predicted molar refractivity (Wildman–Crippen MR) is 110 cm³/mol. The van der Waals surface area contributed by atoms with E-state index in [2.05, 4.69) is 23.1 Å². The summed E-state index contributed by atoms with van der Waals surface area (Å²) in [7, 11) is -3.06. The van der Waals surface area contributed by atoms with Crippen LogP contribution in [0.15, 0.2) is 47.5 Å². The van der Waals surface area contributed by atoms with Gasteiger partial charge in [-0.05, 0) is 48.7 Å². The van der Waals surface area contributed by atoms with E-state index in [1.807, 2.05) is 13.8 Å². The number of benzene rings is 2. The molecule has 0 saturated carbocycles. The molecule has 4 rings (SSSR count). The number of anilines is 1. The Morgan fingerprint density at radius 1 is 1.15 bits per heavy atom. The first kappa shape index (κ1) is 18.5. The van der Waals surface area contributed by atoms with Crippen molar-refractivity contribution in [2.24, 2.45) is 4.99 Å². The Morgan fingerprint density at radius 2 is 1.89 bits per heavy atom. The second kappa shape index (κ2) is 6.95. The molecule has 27 heavy (non-hydrogen) atoms. The molecule has 0 aliphatic carbocycles. The van der Waals surface area contributed by atoms with E-state index in [9.17, 15) is 12.8 Å². The number of fused-ring (bicyclic) bond motifs is 1. The molecule has 0 bridgehead atoms. The Morgan fingerprint density at radius 3 is 2.63 bits per heavy atom. The molecule has 7 heteroatoms. The summed E-state index contributed by atoms with van der Waals surface area (Å²) in [6.07, 6.45) is 0. The highest BCUT2D eigenvalue weighted by molar-refractivity contribution is 8.13. The van der Waals surface area contributed by atoms with Crippen LogP contribution in [0.2, 0.25) is 0 Å². The zero-order valence-corrected chi connectivity index (χ0v) is 16.9. The molecule has 0 N–H and O–H groups in total. The molecule has 2 aromatic rings. The molecule has 0 amide bonds. The topological polar surface area (TPSA) is 49.7 Å². The third kappa shape index (κ3) is 3.75. The van der Waals surface area contributed by atoms with Gasteiger partial charge in [-0.3, -0.25) is 4.99 Å². The molecule has 4 nitrogen and oxygen atoms in total. The zero-order valence-electron chi connectivity index (χ0n) is 15.2. The van der Waals surface area contributed by atoms with Gasteiger partial charge in [0.2, 0.25) is 0 Å². The SMILES string of the molecule is Cc1ccc(C)c(N2C(SCc3ccc(F)cc3)=N[C@H]3CS(=O)(=O)C[C@H]32)c1. The van der Waals surface area contributed by atoms with Gasteiger partial charge in [-0.15, -0.1) is 0 Å². The Hall–Kier alpha value is -1.86. The van der Waals surface area contributed by atoms with Gasteiger partial charge in [0.15, 0.2) is 15.0 Å². The summed E-state index contributed by atoms with van der Waals surface area (Å²) >= 11 is 1.58. The van der Waals surface area contributed by atoms with Crippen LogP contribution in [0.25, 0.3) is 0 Å². The van der Waals surface area contributed by atoms with E-state index in [4.69, 9.17) is 4.99 Å². The third-order valence-corrected chi connectivity index (χ3v) is 7.75. The number of aliphatic imine (C=N–C) groups is 1. The highest BCUT2D eigenvalue weighted by Gasteiger charge is 2.47. The van der Waals surface area contributed by atoms with Crippen molar-refractivity contribution in [3.8, 4) is 0 Å². The molecule has 1 saturated heterocycles. The minimum Gasteiger partial charge on any atom is -0.315 e. The Kier molecular flexibility index (Phi) is 4.76. The number of aryl methyl sites for hydroxylation is 2. The van der Waals surface area contributed by atoms with Crippen molar-refractivity contribution in [2.75, 3.05) is 16.4 Å².